The van der Waals surface area contributed by atoms with Crippen LogP contribution in [0.15, 0.2) is 0 Å². The summed E-state index contributed by atoms with van der Waals surface area (Å²) in [5.41, 5.74) is 0. The second-order valence-corrected chi connectivity index (χ2v) is 3.62. The Morgan fingerprint density at radius 3 is 2.58 bits per heavy atom. The predicted octanol–water partition coefficient (Wildman–Crippen LogP) is 2.04. The topological polar surface area (TPSA) is 12.0 Å². The maximum atomic E-state index is 3.25. The van der Waals surface area contributed by atoms with Gasteiger partial charge >= 0.3 is 0 Å². The van der Waals surface area contributed by atoms with E-state index in [1.54, 1.807) is 0 Å². The maximum absolute atomic E-state index is 3.25. The first-order chi connectivity index (χ1) is 5.88. The zero-order valence-electron chi connectivity index (χ0n) is 8.19. The molecule has 0 aromatic carbocycles. The number of hydrogen-bond donors (Lipinski definition) is 1. The van der Waals surface area contributed by atoms with E-state index in [4.69, 9.17) is 0 Å². The van der Waals surface area contributed by atoms with Gasteiger partial charge in [0.05, 0.1) is 0 Å². The van der Waals surface area contributed by atoms with Crippen LogP contribution in [0.25, 0.3) is 0 Å². The van der Waals surface area contributed by atoms with Crippen LogP contribution in [0.3, 0.4) is 0 Å². The van der Waals surface area contributed by atoms with Crippen LogP contribution in [0.1, 0.15) is 32.6 Å². The minimum atomic E-state index is 0.939. The van der Waals surface area contributed by atoms with Crippen LogP contribution in [-0.2, 0) is 0 Å². The lowest BCUT2D eigenvalue weighted by Gasteiger charge is -2.36. The lowest BCUT2D eigenvalue weighted by atomic mass is 9.71. The zero-order valence-corrected chi connectivity index (χ0v) is 8.19. The average molecular weight is 165 g/mol. The Labute approximate surface area is 75.9 Å². The van der Waals surface area contributed by atoms with Gasteiger partial charge in [0.25, 0.3) is 0 Å². The van der Waals surface area contributed by atoms with Gasteiger partial charge in [0.15, 0.2) is 0 Å². The smallest absolute Gasteiger partial charge is 0.00913 e. The molecule has 0 heterocycles. The highest BCUT2D eigenvalue weighted by atomic mass is 14.8. The first kappa shape index (κ1) is 9.61. The van der Waals surface area contributed by atoms with E-state index >= 15 is 0 Å². The summed E-state index contributed by atoms with van der Waals surface area (Å²) in [6, 6.07) is 0. The molecule has 12 heavy (non-hydrogen) atoms. The van der Waals surface area contributed by atoms with Crippen LogP contribution in [-0.4, -0.2) is 13.6 Å². The molecule has 1 aliphatic rings. The molecule has 1 nitrogen and oxygen atoms in total. The standard InChI is InChI=1S/C11H19N/c1-3-4-5-6-10-7-8-11(10)9-12-2/h10-12H,5-9H2,1-2H3. The Balaban J connectivity index is 2.10. The Morgan fingerprint density at radius 2 is 2.08 bits per heavy atom. The summed E-state index contributed by atoms with van der Waals surface area (Å²) in [4.78, 5) is 0. The molecule has 1 N–H and O–H groups in total. The van der Waals surface area contributed by atoms with Gasteiger partial charge in [-0.3, -0.25) is 0 Å². The molecule has 2 unspecified atom stereocenters. The van der Waals surface area contributed by atoms with E-state index in [-0.39, 0.29) is 0 Å². The van der Waals surface area contributed by atoms with Crippen molar-refractivity contribution in [3.8, 4) is 11.8 Å². The summed E-state index contributed by atoms with van der Waals surface area (Å²) >= 11 is 0. The highest BCUT2D eigenvalue weighted by Gasteiger charge is 2.28. The van der Waals surface area contributed by atoms with E-state index in [2.05, 4.69) is 17.2 Å². The molecular weight excluding hydrogens is 146 g/mol. The number of rotatable bonds is 4. The van der Waals surface area contributed by atoms with Crippen molar-refractivity contribution in [2.45, 2.75) is 32.6 Å². The molecule has 68 valence electrons. The van der Waals surface area contributed by atoms with Crippen molar-refractivity contribution in [3.05, 3.63) is 0 Å². The molecule has 1 aliphatic carbocycles. The van der Waals surface area contributed by atoms with Gasteiger partial charge in [0.2, 0.25) is 0 Å². The van der Waals surface area contributed by atoms with Crippen LogP contribution in [0.5, 0.6) is 0 Å². The molecule has 1 fully saturated rings. The van der Waals surface area contributed by atoms with E-state index in [1.807, 2.05) is 14.0 Å². The Bertz CT molecular complexity index is 175. The third kappa shape index (κ3) is 2.53. The van der Waals surface area contributed by atoms with Gasteiger partial charge < -0.3 is 5.32 Å². The summed E-state index contributed by atoms with van der Waals surface area (Å²) in [5.74, 6) is 7.99. The van der Waals surface area contributed by atoms with Gasteiger partial charge in [0.1, 0.15) is 0 Å². The second kappa shape index (κ2) is 5.22. The number of hydrogen-bond acceptors (Lipinski definition) is 1. The van der Waals surface area contributed by atoms with Crippen LogP contribution in [0, 0.1) is 23.7 Å². The highest BCUT2D eigenvalue weighted by Crippen LogP contribution is 2.36. The Hall–Kier alpha value is -0.480. The monoisotopic (exact) mass is 165 g/mol. The molecule has 0 bridgehead atoms. The third-order valence-electron chi connectivity index (χ3n) is 2.86. The van der Waals surface area contributed by atoms with Crippen molar-refractivity contribution in [1.82, 2.24) is 5.32 Å². The Morgan fingerprint density at radius 1 is 1.33 bits per heavy atom. The molecular formula is C11H19N. The number of nitrogens with one attached hydrogen (secondary N) is 1. The van der Waals surface area contributed by atoms with Crippen LogP contribution in [0.2, 0.25) is 0 Å². The molecule has 1 heteroatoms. The van der Waals surface area contributed by atoms with Gasteiger partial charge in [-0.25, -0.2) is 0 Å². The molecule has 0 aromatic rings. The summed E-state index contributed by atoms with van der Waals surface area (Å²) in [6.07, 6.45) is 5.26. The molecule has 1 saturated carbocycles. The van der Waals surface area contributed by atoms with Crippen LogP contribution >= 0.6 is 0 Å². The van der Waals surface area contributed by atoms with Gasteiger partial charge in [0, 0.05) is 6.42 Å². The zero-order chi connectivity index (χ0) is 8.81. The highest BCUT2D eigenvalue weighted by molar-refractivity contribution is 4.96. The lowest BCUT2D eigenvalue weighted by molar-refractivity contribution is 0.165. The molecule has 0 aliphatic heterocycles. The van der Waals surface area contributed by atoms with Gasteiger partial charge in [-0.05, 0) is 51.6 Å². The van der Waals surface area contributed by atoms with Crippen molar-refractivity contribution >= 4 is 0 Å². The molecule has 0 aromatic heterocycles. The molecule has 0 saturated heterocycles. The largest absolute Gasteiger partial charge is 0.319 e. The third-order valence-corrected chi connectivity index (χ3v) is 2.86. The maximum Gasteiger partial charge on any atom is 0.00913 e. The van der Waals surface area contributed by atoms with Crippen molar-refractivity contribution in [2.75, 3.05) is 13.6 Å². The summed E-state index contributed by atoms with van der Waals surface area (Å²) in [7, 11) is 2.04. The van der Waals surface area contributed by atoms with Gasteiger partial charge in [-0.15, -0.1) is 11.8 Å². The lowest BCUT2D eigenvalue weighted by Crippen LogP contribution is -2.33. The fourth-order valence-electron chi connectivity index (χ4n) is 1.93. The predicted molar refractivity (Wildman–Crippen MR) is 52.8 cm³/mol. The second-order valence-electron chi connectivity index (χ2n) is 3.62. The van der Waals surface area contributed by atoms with Crippen LogP contribution in [0.4, 0.5) is 0 Å². The quantitative estimate of drug-likeness (QED) is 0.629. The molecule has 2 atom stereocenters. The normalized spacial score (nSPS) is 27.2. The van der Waals surface area contributed by atoms with Crippen molar-refractivity contribution in [2.24, 2.45) is 11.8 Å². The minimum Gasteiger partial charge on any atom is -0.319 e. The van der Waals surface area contributed by atoms with E-state index < -0.39 is 0 Å². The molecule has 1 rings (SSSR count). The van der Waals surface area contributed by atoms with Gasteiger partial charge in [-0.1, -0.05) is 0 Å². The Kier molecular flexibility index (Phi) is 4.18. The van der Waals surface area contributed by atoms with Crippen LogP contribution < -0.4 is 5.32 Å². The first-order valence-corrected chi connectivity index (χ1v) is 4.92. The summed E-state index contributed by atoms with van der Waals surface area (Å²) in [5, 5.41) is 3.25. The molecule has 0 spiro atoms. The van der Waals surface area contributed by atoms with E-state index in [0.717, 1.165) is 18.3 Å². The molecule has 0 amide bonds. The average Bonchev–Trinajstić information content (AvgIpc) is 2.06. The van der Waals surface area contributed by atoms with Crippen molar-refractivity contribution < 1.29 is 0 Å². The van der Waals surface area contributed by atoms with E-state index in [9.17, 15) is 0 Å². The molecule has 0 radical (unpaired) electrons. The first-order valence-electron chi connectivity index (χ1n) is 4.92. The fraction of sp³-hybridized carbons (Fsp3) is 0.818. The van der Waals surface area contributed by atoms with Crippen molar-refractivity contribution in [1.29, 1.82) is 0 Å². The van der Waals surface area contributed by atoms with Crippen molar-refractivity contribution in [3.63, 3.8) is 0 Å². The fourth-order valence-corrected chi connectivity index (χ4v) is 1.93. The van der Waals surface area contributed by atoms with E-state index in [1.165, 1.54) is 25.8 Å². The summed E-state index contributed by atoms with van der Waals surface area (Å²) < 4.78 is 0. The van der Waals surface area contributed by atoms with Gasteiger partial charge in [-0.2, -0.15) is 0 Å². The minimum absolute atomic E-state index is 0.939. The SMILES string of the molecule is CC#CCCC1CCC1CNC. The van der Waals surface area contributed by atoms with E-state index in [0.29, 0.717) is 0 Å². The summed E-state index contributed by atoms with van der Waals surface area (Å²) in [6.45, 7) is 3.12.